The van der Waals surface area contributed by atoms with Gasteiger partial charge < -0.3 is 14.8 Å². The van der Waals surface area contributed by atoms with Gasteiger partial charge in [0.15, 0.2) is 0 Å². The van der Waals surface area contributed by atoms with Crippen LogP contribution in [0.25, 0.3) is 0 Å². The predicted molar refractivity (Wildman–Crippen MR) is 75.5 cm³/mol. The number of carbonyl (C=O) groups excluding carboxylic acids is 1. The Labute approximate surface area is 115 Å². The maximum absolute atomic E-state index is 12.0. The molecule has 0 radical (unpaired) electrons. The average Bonchev–Trinajstić information content (AvgIpc) is 2.41. The van der Waals surface area contributed by atoms with Gasteiger partial charge in [-0.3, -0.25) is 4.79 Å². The molecule has 1 atom stereocenters. The van der Waals surface area contributed by atoms with Crippen LogP contribution < -0.4 is 10.1 Å². The lowest BCUT2D eigenvalue weighted by Crippen LogP contribution is -2.31. The Morgan fingerprint density at radius 3 is 2.68 bits per heavy atom. The number of hydrogen-bond acceptors (Lipinski definition) is 3. The van der Waals surface area contributed by atoms with Crippen LogP contribution in [-0.2, 0) is 11.3 Å². The van der Waals surface area contributed by atoms with E-state index in [0.717, 1.165) is 17.7 Å². The lowest BCUT2D eigenvalue weighted by Gasteiger charge is -2.14. The van der Waals surface area contributed by atoms with Gasteiger partial charge in [-0.15, -0.1) is 0 Å². The van der Waals surface area contributed by atoms with Crippen LogP contribution in [-0.4, -0.2) is 25.7 Å². The summed E-state index contributed by atoms with van der Waals surface area (Å²) in [5.74, 6) is 0.708. The highest BCUT2D eigenvalue weighted by Gasteiger charge is 2.12. The van der Waals surface area contributed by atoms with Crippen LogP contribution in [0.5, 0.6) is 5.75 Å². The second-order valence-electron chi connectivity index (χ2n) is 4.47. The zero-order chi connectivity index (χ0) is 14.3. The first kappa shape index (κ1) is 15.5. The number of nitrogens with one attached hydrogen (secondary N) is 1. The summed E-state index contributed by atoms with van der Waals surface area (Å²) in [6, 6.07) is 5.60. The van der Waals surface area contributed by atoms with Gasteiger partial charge in [0.25, 0.3) is 5.91 Å². The second-order valence-corrected chi connectivity index (χ2v) is 4.47. The Kier molecular flexibility index (Phi) is 6.36. The van der Waals surface area contributed by atoms with Crippen molar-refractivity contribution in [3.05, 3.63) is 29.3 Å². The van der Waals surface area contributed by atoms with E-state index in [2.05, 4.69) is 5.32 Å². The van der Waals surface area contributed by atoms with Crippen molar-refractivity contribution in [1.29, 1.82) is 0 Å². The molecule has 1 aromatic carbocycles. The fourth-order valence-corrected chi connectivity index (χ4v) is 1.69. The minimum atomic E-state index is -0.0604. The summed E-state index contributed by atoms with van der Waals surface area (Å²) >= 11 is 0. The Morgan fingerprint density at radius 1 is 1.37 bits per heavy atom. The summed E-state index contributed by atoms with van der Waals surface area (Å²) in [6.45, 7) is 6.98. The highest BCUT2D eigenvalue weighted by molar-refractivity contribution is 5.94. The third-order valence-electron chi connectivity index (χ3n) is 2.91. The van der Waals surface area contributed by atoms with E-state index < -0.39 is 0 Å². The fraction of sp³-hybridized carbons (Fsp3) is 0.533. The zero-order valence-corrected chi connectivity index (χ0v) is 12.2. The smallest absolute Gasteiger partial charge is 0.251 e. The monoisotopic (exact) mass is 265 g/mol. The average molecular weight is 265 g/mol. The third kappa shape index (κ3) is 4.56. The number of rotatable bonds is 7. The Balaban J connectivity index is 2.90. The third-order valence-corrected chi connectivity index (χ3v) is 2.91. The normalized spacial score (nSPS) is 12.0. The molecule has 0 bridgehead atoms. The van der Waals surface area contributed by atoms with Gasteiger partial charge in [0.2, 0.25) is 0 Å². The fourth-order valence-electron chi connectivity index (χ4n) is 1.69. The molecule has 0 saturated heterocycles. The number of hydrogen-bond donors (Lipinski definition) is 1. The minimum Gasteiger partial charge on any atom is -0.494 e. The first-order valence-corrected chi connectivity index (χ1v) is 6.67. The first-order chi connectivity index (χ1) is 9.12. The Morgan fingerprint density at radius 2 is 2.11 bits per heavy atom. The van der Waals surface area contributed by atoms with Gasteiger partial charge in [0.05, 0.1) is 13.2 Å². The molecule has 4 heteroatoms. The highest BCUT2D eigenvalue weighted by atomic mass is 16.5. The molecule has 0 spiro atoms. The van der Waals surface area contributed by atoms with Crippen LogP contribution in [0.4, 0.5) is 0 Å². The molecule has 106 valence electrons. The summed E-state index contributed by atoms with van der Waals surface area (Å²) in [5.41, 5.74) is 1.52. The number of methoxy groups -OCH3 is 1. The topological polar surface area (TPSA) is 47.6 Å². The molecule has 0 aliphatic carbocycles. The largest absolute Gasteiger partial charge is 0.494 e. The van der Waals surface area contributed by atoms with Crippen molar-refractivity contribution in [1.82, 2.24) is 5.32 Å². The van der Waals surface area contributed by atoms with Crippen LogP contribution in [0, 0.1) is 0 Å². The van der Waals surface area contributed by atoms with Crippen molar-refractivity contribution in [2.24, 2.45) is 0 Å². The van der Waals surface area contributed by atoms with Gasteiger partial charge in [0.1, 0.15) is 5.75 Å². The van der Waals surface area contributed by atoms with Crippen molar-refractivity contribution in [3.63, 3.8) is 0 Å². The van der Waals surface area contributed by atoms with E-state index in [1.165, 1.54) is 0 Å². The molecule has 0 saturated carbocycles. The summed E-state index contributed by atoms with van der Waals surface area (Å²) in [7, 11) is 1.63. The van der Waals surface area contributed by atoms with E-state index in [1.807, 2.05) is 32.9 Å². The van der Waals surface area contributed by atoms with E-state index in [-0.39, 0.29) is 11.9 Å². The first-order valence-electron chi connectivity index (χ1n) is 6.67. The second kappa shape index (κ2) is 7.79. The molecule has 0 heterocycles. The van der Waals surface area contributed by atoms with Crippen LogP contribution in [0.2, 0.25) is 0 Å². The van der Waals surface area contributed by atoms with Gasteiger partial charge in [-0.05, 0) is 38.5 Å². The van der Waals surface area contributed by atoms with Gasteiger partial charge in [0, 0.05) is 24.3 Å². The standard InChI is InChI=1S/C15H23NO3/c1-5-11(3)16-15(17)12-7-8-14(19-6-2)13(9-12)10-18-4/h7-9,11H,5-6,10H2,1-4H3,(H,16,17)/t11-/m0/s1. The van der Waals surface area contributed by atoms with Crippen LogP contribution >= 0.6 is 0 Å². The lowest BCUT2D eigenvalue weighted by molar-refractivity contribution is 0.0939. The maximum atomic E-state index is 12.0. The molecule has 1 amide bonds. The molecule has 19 heavy (non-hydrogen) atoms. The summed E-state index contributed by atoms with van der Waals surface area (Å²) in [4.78, 5) is 12.0. The van der Waals surface area contributed by atoms with Crippen LogP contribution in [0.3, 0.4) is 0 Å². The van der Waals surface area contributed by atoms with Gasteiger partial charge in [-0.25, -0.2) is 0 Å². The Hall–Kier alpha value is -1.55. The summed E-state index contributed by atoms with van der Waals surface area (Å²) in [6.07, 6.45) is 0.910. The minimum absolute atomic E-state index is 0.0604. The number of amides is 1. The van der Waals surface area contributed by atoms with E-state index in [1.54, 1.807) is 13.2 Å². The maximum Gasteiger partial charge on any atom is 0.251 e. The van der Waals surface area contributed by atoms with Crippen molar-refractivity contribution in [2.45, 2.75) is 39.8 Å². The SMILES string of the molecule is CCOc1ccc(C(=O)N[C@@H](C)CC)cc1COC. The number of benzene rings is 1. The molecule has 0 fully saturated rings. The van der Waals surface area contributed by atoms with Crippen molar-refractivity contribution in [2.75, 3.05) is 13.7 Å². The van der Waals surface area contributed by atoms with E-state index >= 15 is 0 Å². The number of ether oxygens (including phenoxy) is 2. The lowest BCUT2D eigenvalue weighted by atomic mass is 10.1. The molecule has 0 aliphatic rings. The molecular formula is C15H23NO3. The van der Waals surface area contributed by atoms with E-state index in [9.17, 15) is 4.79 Å². The van der Waals surface area contributed by atoms with Gasteiger partial charge in [-0.1, -0.05) is 6.92 Å². The molecule has 4 nitrogen and oxygen atoms in total. The van der Waals surface area contributed by atoms with Crippen molar-refractivity contribution < 1.29 is 14.3 Å². The molecule has 1 N–H and O–H groups in total. The van der Waals surface area contributed by atoms with Crippen molar-refractivity contribution >= 4 is 5.91 Å². The van der Waals surface area contributed by atoms with E-state index in [0.29, 0.717) is 18.8 Å². The van der Waals surface area contributed by atoms with E-state index in [4.69, 9.17) is 9.47 Å². The van der Waals surface area contributed by atoms with Crippen molar-refractivity contribution in [3.8, 4) is 5.75 Å². The molecule has 1 rings (SSSR count). The summed E-state index contributed by atoms with van der Waals surface area (Å²) in [5, 5.41) is 2.95. The van der Waals surface area contributed by atoms with Crippen LogP contribution in [0.15, 0.2) is 18.2 Å². The Bertz CT molecular complexity index is 418. The quantitative estimate of drug-likeness (QED) is 0.824. The summed E-state index contributed by atoms with van der Waals surface area (Å²) < 4.78 is 10.7. The molecule has 0 aliphatic heterocycles. The van der Waals surface area contributed by atoms with Gasteiger partial charge in [-0.2, -0.15) is 0 Å². The van der Waals surface area contributed by atoms with Crippen LogP contribution in [0.1, 0.15) is 43.1 Å². The molecular weight excluding hydrogens is 242 g/mol. The molecule has 1 aromatic rings. The zero-order valence-electron chi connectivity index (χ0n) is 12.2. The number of carbonyl (C=O) groups is 1. The predicted octanol–water partition coefficient (Wildman–Crippen LogP) is 2.76. The highest BCUT2D eigenvalue weighted by Crippen LogP contribution is 2.21. The molecule has 0 unspecified atom stereocenters. The van der Waals surface area contributed by atoms with Gasteiger partial charge >= 0.3 is 0 Å². The molecule has 0 aromatic heterocycles.